The summed E-state index contributed by atoms with van der Waals surface area (Å²) in [5.41, 5.74) is 2.24. The van der Waals surface area contributed by atoms with Crippen molar-refractivity contribution in [2.75, 3.05) is 32.8 Å². The van der Waals surface area contributed by atoms with Gasteiger partial charge in [-0.15, -0.1) is 0 Å². The van der Waals surface area contributed by atoms with Gasteiger partial charge in [-0.3, -0.25) is 9.69 Å². The SMILES string of the molecule is O=C(O)CCN1CCOC(c2ccc(OC/C=C/c3ccccc3)cc2)C1. The molecule has 1 heterocycles. The Balaban J connectivity index is 1.48. The van der Waals surface area contributed by atoms with Crippen molar-refractivity contribution in [3.63, 3.8) is 0 Å². The highest BCUT2D eigenvalue weighted by Crippen LogP contribution is 2.24. The van der Waals surface area contributed by atoms with Crippen LogP contribution in [0.25, 0.3) is 6.08 Å². The summed E-state index contributed by atoms with van der Waals surface area (Å²) < 4.78 is 11.6. The lowest BCUT2D eigenvalue weighted by Gasteiger charge is -2.32. The van der Waals surface area contributed by atoms with Crippen LogP contribution in [0.3, 0.4) is 0 Å². The molecule has 3 rings (SSSR count). The number of carboxylic acids is 1. The van der Waals surface area contributed by atoms with Gasteiger partial charge in [0, 0.05) is 19.6 Å². The molecule has 1 unspecified atom stereocenters. The molecule has 1 atom stereocenters. The van der Waals surface area contributed by atoms with Crippen molar-refractivity contribution in [2.24, 2.45) is 0 Å². The molecular formula is C22H25NO4. The number of ether oxygens (including phenoxy) is 2. The third-order valence-electron chi connectivity index (χ3n) is 4.50. The predicted molar refractivity (Wildman–Crippen MR) is 105 cm³/mol. The van der Waals surface area contributed by atoms with Crippen LogP contribution in [0, 0.1) is 0 Å². The Morgan fingerprint density at radius 3 is 2.70 bits per heavy atom. The molecule has 1 saturated heterocycles. The molecule has 2 aromatic rings. The first-order valence-electron chi connectivity index (χ1n) is 9.21. The normalized spacial score (nSPS) is 17.9. The monoisotopic (exact) mass is 367 g/mol. The summed E-state index contributed by atoms with van der Waals surface area (Å²) in [7, 11) is 0. The summed E-state index contributed by atoms with van der Waals surface area (Å²) in [5.74, 6) is 0.0517. The van der Waals surface area contributed by atoms with Crippen molar-refractivity contribution in [3.8, 4) is 5.75 Å². The second kappa shape index (κ2) is 9.90. The molecule has 1 aliphatic heterocycles. The average Bonchev–Trinajstić information content (AvgIpc) is 2.71. The summed E-state index contributed by atoms with van der Waals surface area (Å²) in [6.07, 6.45) is 4.17. The molecule has 27 heavy (non-hydrogen) atoms. The van der Waals surface area contributed by atoms with E-state index in [0.29, 0.717) is 26.3 Å². The van der Waals surface area contributed by atoms with Crippen LogP contribution in [-0.4, -0.2) is 48.8 Å². The van der Waals surface area contributed by atoms with E-state index in [0.717, 1.165) is 23.4 Å². The Hall–Kier alpha value is -2.63. The van der Waals surface area contributed by atoms with Gasteiger partial charge in [-0.25, -0.2) is 0 Å². The topological polar surface area (TPSA) is 59.0 Å². The second-order valence-corrected chi connectivity index (χ2v) is 6.50. The summed E-state index contributed by atoms with van der Waals surface area (Å²) in [5, 5.41) is 8.83. The molecule has 0 aliphatic carbocycles. The van der Waals surface area contributed by atoms with Gasteiger partial charge in [-0.2, -0.15) is 0 Å². The van der Waals surface area contributed by atoms with Crippen LogP contribution in [0.2, 0.25) is 0 Å². The second-order valence-electron chi connectivity index (χ2n) is 6.50. The molecule has 2 aromatic carbocycles. The minimum atomic E-state index is -0.763. The van der Waals surface area contributed by atoms with Crippen LogP contribution in [0.5, 0.6) is 5.75 Å². The highest BCUT2D eigenvalue weighted by Gasteiger charge is 2.22. The van der Waals surface area contributed by atoms with Crippen molar-refractivity contribution in [2.45, 2.75) is 12.5 Å². The number of benzene rings is 2. The van der Waals surface area contributed by atoms with E-state index in [-0.39, 0.29) is 12.5 Å². The maximum Gasteiger partial charge on any atom is 0.304 e. The molecular weight excluding hydrogens is 342 g/mol. The third-order valence-corrected chi connectivity index (χ3v) is 4.50. The minimum absolute atomic E-state index is 0.0282. The lowest BCUT2D eigenvalue weighted by molar-refractivity contribution is -0.137. The van der Waals surface area contributed by atoms with Gasteiger partial charge in [-0.05, 0) is 29.3 Å². The van der Waals surface area contributed by atoms with Crippen LogP contribution in [0.15, 0.2) is 60.7 Å². The number of aliphatic carboxylic acids is 1. The lowest BCUT2D eigenvalue weighted by Crippen LogP contribution is -2.39. The Kier molecular flexibility index (Phi) is 7.02. The Bertz CT molecular complexity index is 743. The minimum Gasteiger partial charge on any atom is -0.490 e. The number of hydrogen-bond donors (Lipinski definition) is 1. The van der Waals surface area contributed by atoms with Crippen molar-refractivity contribution in [1.82, 2.24) is 4.90 Å². The van der Waals surface area contributed by atoms with Crippen molar-refractivity contribution in [3.05, 3.63) is 71.8 Å². The van der Waals surface area contributed by atoms with Gasteiger partial charge in [-0.1, -0.05) is 48.5 Å². The maximum atomic E-state index is 10.7. The van der Waals surface area contributed by atoms with Gasteiger partial charge < -0.3 is 14.6 Å². The summed E-state index contributed by atoms with van der Waals surface area (Å²) in [4.78, 5) is 12.9. The van der Waals surface area contributed by atoms with E-state index < -0.39 is 5.97 Å². The van der Waals surface area contributed by atoms with E-state index in [1.54, 1.807) is 0 Å². The number of carboxylic acid groups (broad SMARTS) is 1. The largest absolute Gasteiger partial charge is 0.490 e. The van der Waals surface area contributed by atoms with Crippen molar-refractivity contribution >= 4 is 12.0 Å². The van der Waals surface area contributed by atoms with Crippen LogP contribution in [0.4, 0.5) is 0 Å². The van der Waals surface area contributed by atoms with E-state index in [1.165, 1.54) is 0 Å². The standard InChI is InChI=1S/C22H25NO4/c24-22(25)12-13-23-14-16-27-21(17-23)19-8-10-20(11-9-19)26-15-4-7-18-5-2-1-3-6-18/h1-11,21H,12-17H2,(H,24,25)/b7-4+. The third kappa shape index (κ3) is 6.24. The summed E-state index contributed by atoms with van der Waals surface area (Å²) in [6, 6.07) is 18.0. The predicted octanol–water partition coefficient (Wildman–Crippen LogP) is 3.63. The zero-order valence-electron chi connectivity index (χ0n) is 15.3. The van der Waals surface area contributed by atoms with Crippen LogP contribution < -0.4 is 4.74 Å². The molecule has 0 saturated carbocycles. The van der Waals surface area contributed by atoms with Gasteiger partial charge in [0.05, 0.1) is 19.1 Å². The van der Waals surface area contributed by atoms with Crippen molar-refractivity contribution < 1.29 is 19.4 Å². The zero-order valence-corrected chi connectivity index (χ0v) is 15.3. The van der Waals surface area contributed by atoms with Crippen LogP contribution in [-0.2, 0) is 9.53 Å². The molecule has 5 heteroatoms. The molecule has 0 amide bonds. The summed E-state index contributed by atoms with van der Waals surface area (Å²) in [6.45, 7) is 3.18. The van der Waals surface area contributed by atoms with E-state index >= 15 is 0 Å². The molecule has 0 aromatic heterocycles. The Labute approximate surface area is 159 Å². The Morgan fingerprint density at radius 2 is 1.96 bits per heavy atom. The van der Waals surface area contributed by atoms with Crippen LogP contribution >= 0.6 is 0 Å². The zero-order chi connectivity index (χ0) is 18.9. The number of carbonyl (C=O) groups is 1. The molecule has 0 bridgehead atoms. The van der Waals surface area contributed by atoms with Gasteiger partial charge in [0.1, 0.15) is 12.4 Å². The highest BCUT2D eigenvalue weighted by atomic mass is 16.5. The van der Waals surface area contributed by atoms with Gasteiger partial charge in [0.25, 0.3) is 0 Å². The van der Waals surface area contributed by atoms with Crippen molar-refractivity contribution in [1.29, 1.82) is 0 Å². The van der Waals surface area contributed by atoms with E-state index in [9.17, 15) is 4.79 Å². The first-order valence-corrected chi connectivity index (χ1v) is 9.21. The highest BCUT2D eigenvalue weighted by molar-refractivity contribution is 5.66. The van der Waals surface area contributed by atoms with E-state index in [2.05, 4.69) is 17.0 Å². The maximum absolute atomic E-state index is 10.7. The Morgan fingerprint density at radius 1 is 1.19 bits per heavy atom. The van der Waals surface area contributed by atoms with E-state index in [1.807, 2.05) is 54.6 Å². The number of nitrogens with zero attached hydrogens (tertiary/aromatic N) is 1. The quantitative estimate of drug-likeness (QED) is 0.772. The average molecular weight is 367 g/mol. The molecule has 1 aliphatic rings. The molecule has 1 N–H and O–H groups in total. The fourth-order valence-corrected chi connectivity index (χ4v) is 3.03. The molecule has 1 fully saturated rings. The van der Waals surface area contributed by atoms with Gasteiger partial charge >= 0.3 is 5.97 Å². The van der Waals surface area contributed by atoms with Gasteiger partial charge in [0.15, 0.2) is 0 Å². The molecule has 0 spiro atoms. The summed E-state index contributed by atoms with van der Waals surface area (Å²) >= 11 is 0. The number of rotatable bonds is 8. The lowest BCUT2D eigenvalue weighted by atomic mass is 10.1. The number of morpholine rings is 1. The fraction of sp³-hybridized carbons (Fsp3) is 0.318. The molecule has 0 radical (unpaired) electrons. The number of hydrogen-bond acceptors (Lipinski definition) is 4. The first kappa shape index (κ1) is 19.1. The smallest absolute Gasteiger partial charge is 0.304 e. The molecule has 5 nitrogen and oxygen atoms in total. The molecule has 142 valence electrons. The first-order chi connectivity index (χ1) is 13.2. The fourth-order valence-electron chi connectivity index (χ4n) is 3.03. The van der Waals surface area contributed by atoms with Crippen LogP contribution in [0.1, 0.15) is 23.7 Å². The van der Waals surface area contributed by atoms with E-state index in [4.69, 9.17) is 14.6 Å². The van der Waals surface area contributed by atoms with Gasteiger partial charge in [0.2, 0.25) is 0 Å².